The molecule has 2 fully saturated rings. The molecule has 0 radical (unpaired) electrons. The SMILES string of the molecule is CCN1CCCC(O)(C2(C#N)CCOCC2)CC1. The molecule has 4 heteroatoms. The van der Waals surface area contributed by atoms with Gasteiger partial charge in [0.05, 0.1) is 17.1 Å². The summed E-state index contributed by atoms with van der Waals surface area (Å²) in [5.41, 5.74) is -1.41. The lowest BCUT2D eigenvalue weighted by molar-refractivity contribution is -0.111. The topological polar surface area (TPSA) is 56.5 Å². The van der Waals surface area contributed by atoms with Crippen LogP contribution in [0.1, 0.15) is 39.0 Å². The summed E-state index contributed by atoms with van der Waals surface area (Å²) < 4.78 is 5.36. The Morgan fingerprint density at radius 2 is 1.94 bits per heavy atom. The third-order valence-electron chi connectivity index (χ3n) is 4.80. The highest BCUT2D eigenvalue weighted by molar-refractivity contribution is 5.13. The third-order valence-corrected chi connectivity index (χ3v) is 4.80. The molecule has 0 spiro atoms. The highest BCUT2D eigenvalue weighted by Crippen LogP contribution is 2.46. The van der Waals surface area contributed by atoms with Crippen molar-refractivity contribution in [1.29, 1.82) is 5.26 Å². The van der Waals surface area contributed by atoms with Crippen LogP contribution in [0.4, 0.5) is 0 Å². The van der Waals surface area contributed by atoms with E-state index in [1.54, 1.807) is 0 Å². The Morgan fingerprint density at radius 3 is 2.56 bits per heavy atom. The standard InChI is InChI=1S/C14H24N2O2/c1-2-16-8-3-4-14(17,5-9-16)13(12-15)6-10-18-11-7-13/h17H,2-11H2,1H3. The molecule has 4 nitrogen and oxygen atoms in total. The second-order valence-electron chi connectivity index (χ2n) is 5.63. The van der Waals surface area contributed by atoms with Crippen molar-refractivity contribution in [2.75, 3.05) is 32.8 Å². The minimum absolute atomic E-state index is 0.588. The number of hydrogen-bond donors (Lipinski definition) is 1. The fourth-order valence-electron chi connectivity index (χ4n) is 3.37. The molecule has 18 heavy (non-hydrogen) atoms. The smallest absolute Gasteiger partial charge is 0.0904 e. The molecule has 0 aromatic carbocycles. The maximum atomic E-state index is 11.0. The summed E-state index contributed by atoms with van der Waals surface area (Å²) in [5.74, 6) is 0. The van der Waals surface area contributed by atoms with Crippen molar-refractivity contribution in [3.05, 3.63) is 0 Å². The number of aliphatic hydroxyl groups is 1. The summed E-state index contributed by atoms with van der Waals surface area (Å²) in [6, 6.07) is 2.44. The van der Waals surface area contributed by atoms with E-state index in [0.717, 1.165) is 32.5 Å². The van der Waals surface area contributed by atoms with Crippen molar-refractivity contribution >= 4 is 0 Å². The van der Waals surface area contributed by atoms with E-state index in [0.29, 0.717) is 32.5 Å². The van der Waals surface area contributed by atoms with Crippen LogP contribution in [0.25, 0.3) is 0 Å². The Labute approximate surface area is 110 Å². The number of nitriles is 1. The predicted octanol–water partition coefficient (Wildman–Crippen LogP) is 1.54. The van der Waals surface area contributed by atoms with E-state index in [4.69, 9.17) is 4.74 Å². The third kappa shape index (κ3) is 2.40. The molecular formula is C14H24N2O2. The van der Waals surface area contributed by atoms with Gasteiger partial charge in [-0.2, -0.15) is 5.26 Å². The zero-order valence-electron chi connectivity index (χ0n) is 11.3. The van der Waals surface area contributed by atoms with Crippen molar-refractivity contribution in [1.82, 2.24) is 4.90 Å². The van der Waals surface area contributed by atoms with Gasteiger partial charge >= 0.3 is 0 Å². The van der Waals surface area contributed by atoms with Crippen LogP contribution in [-0.4, -0.2) is 48.5 Å². The molecule has 2 aliphatic rings. The van der Waals surface area contributed by atoms with Gasteiger partial charge in [-0.1, -0.05) is 6.92 Å². The van der Waals surface area contributed by atoms with E-state index in [-0.39, 0.29) is 0 Å². The first kappa shape index (κ1) is 13.8. The van der Waals surface area contributed by atoms with Crippen LogP contribution in [-0.2, 0) is 4.74 Å². The van der Waals surface area contributed by atoms with E-state index >= 15 is 0 Å². The van der Waals surface area contributed by atoms with Gasteiger partial charge in [0.1, 0.15) is 0 Å². The van der Waals surface area contributed by atoms with Crippen molar-refractivity contribution in [3.63, 3.8) is 0 Å². The van der Waals surface area contributed by atoms with Gasteiger partial charge in [-0.15, -0.1) is 0 Å². The number of ether oxygens (including phenoxy) is 1. The Hall–Kier alpha value is -0.630. The fraction of sp³-hybridized carbons (Fsp3) is 0.929. The molecular weight excluding hydrogens is 228 g/mol. The minimum atomic E-state index is -0.824. The first-order valence-corrected chi connectivity index (χ1v) is 7.09. The number of likely N-dealkylation sites (tertiary alicyclic amines) is 1. The average Bonchev–Trinajstić information content (AvgIpc) is 2.62. The van der Waals surface area contributed by atoms with Crippen LogP contribution >= 0.6 is 0 Å². The maximum absolute atomic E-state index is 11.0. The van der Waals surface area contributed by atoms with Crippen LogP contribution in [0.2, 0.25) is 0 Å². The molecule has 1 unspecified atom stereocenters. The van der Waals surface area contributed by atoms with Gasteiger partial charge in [-0.25, -0.2) is 0 Å². The maximum Gasteiger partial charge on any atom is 0.0904 e. The lowest BCUT2D eigenvalue weighted by Crippen LogP contribution is -2.51. The predicted molar refractivity (Wildman–Crippen MR) is 69.0 cm³/mol. The zero-order chi connectivity index (χ0) is 13.1. The highest BCUT2D eigenvalue weighted by atomic mass is 16.5. The Kier molecular flexibility index (Phi) is 4.26. The Balaban J connectivity index is 2.15. The van der Waals surface area contributed by atoms with Crippen molar-refractivity contribution in [2.24, 2.45) is 5.41 Å². The summed E-state index contributed by atoms with van der Waals surface area (Å²) in [7, 11) is 0. The van der Waals surface area contributed by atoms with Crippen molar-refractivity contribution in [3.8, 4) is 6.07 Å². The Bertz CT molecular complexity index is 320. The molecule has 102 valence electrons. The largest absolute Gasteiger partial charge is 0.388 e. The quantitative estimate of drug-likeness (QED) is 0.810. The van der Waals surface area contributed by atoms with Gasteiger partial charge in [-0.05, 0) is 45.2 Å². The second-order valence-corrected chi connectivity index (χ2v) is 5.63. The van der Waals surface area contributed by atoms with Crippen molar-refractivity contribution < 1.29 is 9.84 Å². The van der Waals surface area contributed by atoms with Gasteiger partial charge in [0.25, 0.3) is 0 Å². The lowest BCUT2D eigenvalue weighted by atomic mass is 9.64. The van der Waals surface area contributed by atoms with Crippen LogP contribution in [0.15, 0.2) is 0 Å². The van der Waals surface area contributed by atoms with E-state index in [9.17, 15) is 10.4 Å². The van der Waals surface area contributed by atoms with Crippen molar-refractivity contribution in [2.45, 2.75) is 44.6 Å². The molecule has 0 aromatic heterocycles. The zero-order valence-corrected chi connectivity index (χ0v) is 11.3. The van der Waals surface area contributed by atoms with Gasteiger partial charge < -0.3 is 14.7 Å². The minimum Gasteiger partial charge on any atom is -0.388 e. The highest BCUT2D eigenvalue weighted by Gasteiger charge is 2.51. The summed E-state index contributed by atoms with van der Waals surface area (Å²) in [5, 5.41) is 20.6. The Morgan fingerprint density at radius 1 is 1.22 bits per heavy atom. The molecule has 0 aliphatic carbocycles. The monoisotopic (exact) mass is 252 g/mol. The molecule has 1 N–H and O–H groups in total. The molecule has 0 bridgehead atoms. The molecule has 0 aromatic rings. The summed E-state index contributed by atoms with van der Waals surface area (Å²) in [6.45, 7) is 6.33. The second kappa shape index (κ2) is 5.56. The van der Waals surface area contributed by atoms with Gasteiger partial charge in [-0.3, -0.25) is 0 Å². The van der Waals surface area contributed by atoms with E-state index < -0.39 is 11.0 Å². The van der Waals surface area contributed by atoms with Crippen LogP contribution in [0.3, 0.4) is 0 Å². The number of nitrogens with zero attached hydrogens (tertiary/aromatic N) is 2. The number of hydrogen-bond acceptors (Lipinski definition) is 4. The first-order valence-electron chi connectivity index (χ1n) is 7.09. The van der Waals surface area contributed by atoms with Gasteiger partial charge in [0.15, 0.2) is 0 Å². The van der Waals surface area contributed by atoms with E-state index in [1.165, 1.54) is 0 Å². The fourth-order valence-corrected chi connectivity index (χ4v) is 3.37. The van der Waals surface area contributed by atoms with Crippen LogP contribution in [0.5, 0.6) is 0 Å². The molecule has 2 saturated heterocycles. The molecule has 2 aliphatic heterocycles. The molecule has 2 rings (SSSR count). The average molecular weight is 252 g/mol. The van der Waals surface area contributed by atoms with Crippen LogP contribution < -0.4 is 0 Å². The van der Waals surface area contributed by atoms with Crippen LogP contribution in [0, 0.1) is 16.7 Å². The summed E-state index contributed by atoms with van der Waals surface area (Å²) in [4.78, 5) is 2.36. The first-order chi connectivity index (χ1) is 8.66. The lowest BCUT2D eigenvalue weighted by Gasteiger charge is -2.44. The van der Waals surface area contributed by atoms with E-state index in [1.807, 2.05) is 0 Å². The molecule has 0 amide bonds. The molecule has 0 saturated carbocycles. The summed E-state index contributed by atoms with van der Waals surface area (Å²) in [6.07, 6.45) is 3.79. The van der Waals surface area contributed by atoms with E-state index in [2.05, 4.69) is 17.9 Å². The molecule has 1 atom stereocenters. The molecule has 2 heterocycles. The summed E-state index contributed by atoms with van der Waals surface area (Å²) >= 11 is 0. The number of rotatable bonds is 2. The van der Waals surface area contributed by atoms with Gasteiger partial charge in [0.2, 0.25) is 0 Å². The van der Waals surface area contributed by atoms with Gasteiger partial charge in [0, 0.05) is 19.8 Å². The normalized spacial score (nSPS) is 33.6.